The highest BCUT2D eigenvalue weighted by Crippen LogP contribution is 2.24. The third kappa shape index (κ3) is 6.76. The Morgan fingerprint density at radius 3 is 2.20 bits per heavy atom. The lowest BCUT2D eigenvalue weighted by atomic mass is 9.93. The fraction of sp³-hybridized carbons (Fsp3) is 0.944. The van der Waals surface area contributed by atoms with Gasteiger partial charge in [-0.2, -0.15) is 0 Å². The van der Waals surface area contributed by atoms with Gasteiger partial charge < -0.3 is 4.90 Å². The lowest BCUT2D eigenvalue weighted by molar-refractivity contribution is -0.134. The molecule has 0 unspecified atom stereocenters. The van der Waals surface area contributed by atoms with Crippen molar-refractivity contribution in [2.45, 2.75) is 103 Å². The second-order valence-electron chi connectivity index (χ2n) is 6.40. The Hall–Kier alpha value is -0.530. The largest absolute Gasteiger partial charge is 0.340 e. The Bertz CT molecular complexity index is 246. The van der Waals surface area contributed by atoms with E-state index in [0.717, 1.165) is 25.8 Å². The average Bonchev–Trinajstić information content (AvgIpc) is 2.48. The first-order valence-electron chi connectivity index (χ1n) is 9.09. The maximum Gasteiger partial charge on any atom is 0.222 e. The first-order valence-corrected chi connectivity index (χ1v) is 9.09. The molecule has 0 aliphatic heterocycles. The molecule has 1 amide bonds. The van der Waals surface area contributed by atoms with Crippen molar-refractivity contribution in [3.05, 3.63) is 0 Å². The molecule has 0 N–H and O–H groups in total. The van der Waals surface area contributed by atoms with Crippen molar-refractivity contribution >= 4 is 5.91 Å². The minimum atomic E-state index is 0.432. The molecule has 118 valence electrons. The zero-order valence-corrected chi connectivity index (χ0v) is 13.8. The van der Waals surface area contributed by atoms with E-state index in [1.54, 1.807) is 0 Å². The lowest BCUT2D eigenvalue weighted by Crippen LogP contribution is -2.42. The van der Waals surface area contributed by atoms with Crippen LogP contribution in [0, 0.1) is 0 Å². The van der Waals surface area contributed by atoms with Gasteiger partial charge in [-0.3, -0.25) is 4.79 Å². The number of unbranched alkanes of at least 4 members (excludes halogenated alkanes) is 5. The van der Waals surface area contributed by atoms with Crippen molar-refractivity contribution < 1.29 is 4.79 Å². The Morgan fingerprint density at radius 2 is 1.55 bits per heavy atom. The molecule has 1 fully saturated rings. The predicted octanol–water partition coefficient (Wildman–Crippen LogP) is 5.31. The molecule has 0 atom stereocenters. The number of rotatable bonds is 10. The van der Waals surface area contributed by atoms with E-state index in [0.29, 0.717) is 11.9 Å². The Morgan fingerprint density at radius 1 is 0.900 bits per heavy atom. The molecule has 0 aromatic rings. The van der Waals surface area contributed by atoms with E-state index < -0.39 is 0 Å². The van der Waals surface area contributed by atoms with Crippen molar-refractivity contribution in [1.82, 2.24) is 4.90 Å². The topological polar surface area (TPSA) is 20.3 Å². The van der Waals surface area contributed by atoms with Crippen molar-refractivity contribution in [3.63, 3.8) is 0 Å². The van der Waals surface area contributed by atoms with Crippen LogP contribution >= 0.6 is 0 Å². The SMILES string of the molecule is CCCCCCCC(=O)N(CCCC)C1CCCCC1. The fourth-order valence-corrected chi connectivity index (χ4v) is 3.26. The highest BCUT2D eigenvalue weighted by Gasteiger charge is 2.24. The molecule has 2 nitrogen and oxygen atoms in total. The van der Waals surface area contributed by atoms with Crippen LogP contribution in [0.4, 0.5) is 0 Å². The van der Waals surface area contributed by atoms with Gasteiger partial charge in [0.1, 0.15) is 0 Å². The van der Waals surface area contributed by atoms with Crippen molar-refractivity contribution in [2.75, 3.05) is 6.54 Å². The van der Waals surface area contributed by atoms with Crippen LogP contribution in [0.2, 0.25) is 0 Å². The van der Waals surface area contributed by atoms with Crippen LogP contribution < -0.4 is 0 Å². The Kier molecular flexibility index (Phi) is 9.78. The molecular formula is C18H35NO. The van der Waals surface area contributed by atoms with E-state index in [1.165, 1.54) is 64.2 Å². The minimum absolute atomic E-state index is 0.432. The normalized spacial score (nSPS) is 16.3. The third-order valence-electron chi connectivity index (χ3n) is 4.58. The van der Waals surface area contributed by atoms with Gasteiger partial charge in [0, 0.05) is 19.0 Å². The number of nitrogens with zero attached hydrogens (tertiary/aromatic N) is 1. The predicted molar refractivity (Wildman–Crippen MR) is 86.9 cm³/mol. The van der Waals surface area contributed by atoms with Gasteiger partial charge in [-0.05, 0) is 25.7 Å². The highest BCUT2D eigenvalue weighted by atomic mass is 16.2. The molecule has 20 heavy (non-hydrogen) atoms. The quantitative estimate of drug-likeness (QED) is 0.497. The van der Waals surface area contributed by atoms with Crippen LogP contribution in [-0.2, 0) is 4.79 Å². The second kappa shape index (κ2) is 11.2. The molecule has 1 saturated carbocycles. The molecule has 0 heterocycles. The monoisotopic (exact) mass is 281 g/mol. The summed E-state index contributed by atoms with van der Waals surface area (Å²) in [6.07, 6.45) is 15.8. The van der Waals surface area contributed by atoms with E-state index in [4.69, 9.17) is 0 Å². The maximum atomic E-state index is 12.5. The van der Waals surface area contributed by atoms with E-state index in [-0.39, 0.29) is 0 Å². The number of hydrogen-bond acceptors (Lipinski definition) is 1. The molecule has 0 spiro atoms. The summed E-state index contributed by atoms with van der Waals surface area (Å²) in [5.74, 6) is 0.432. The first kappa shape index (κ1) is 17.5. The smallest absolute Gasteiger partial charge is 0.222 e. The second-order valence-corrected chi connectivity index (χ2v) is 6.40. The summed E-state index contributed by atoms with van der Waals surface area (Å²) in [5, 5.41) is 0. The zero-order chi connectivity index (χ0) is 14.6. The van der Waals surface area contributed by atoms with Crippen LogP contribution in [-0.4, -0.2) is 23.4 Å². The van der Waals surface area contributed by atoms with Crippen molar-refractivity contribution in [1.29, 1.82) is 0 Å². The summed E-state index contributed by atoms with van der Waals surface area (Å²) in [6, 6.07) is 0.554. The molecule has 1 aliphatic carbocycles. The van der Waals surface area contributed by atoms with Gasteiger partial charge in [0.15, 0.2) is 0 Å². The van der Waals surface area contributed by atoms with Gasteiger partial charge in [0.05, 0.1) is 0 Å². The summed E-state index contributed by atoms with van der Waals surface area (Å²) >= 11 is 0. The number of amides is 1. The van der Waals surface area contributed by atoms with E-state index in [9.17, 15) is 4.79 Å². The molecule has 0 saturated heterocycles. The third-order valence-corrected chi connectivity index (χ3v) is 4.58. The molecular weight excluding hydrogens is 246 g/mol. The molecule has 0 radical (unpaired) electrons. The van der Waals surface area contributed by atoms with Gasteiger partial charge in [-0.15, -0.1) is 0 Å². The van der Waals surface area contributed by atoms with Gasteiger partial charge >= 0.3 is 0 Å². The lowest BCUT2D eigenvalue weighted by Gasteiger charge is -2.34. The van der Waals surface area contributed by atoms with Gasteiger partial charge in [0.2, 0.25) is 5.91 Å². The van der Waals surface area contributed by atoms with Crippen LogP contribution in [0.3, 0.4) is 0 Å². The molecule has 1 rings (SSSR count). The van der Waals surface area contributed by atoms with Gasteiger partial charge in [0.25, 0.3) is 0 Å². The molecule has 0 aromatic heterocycles. The zero-order valence-electron chi connectivity index (χ0n) is 13.8. The van der Waals surface area contributed by atoms with Crippen LogP contribution in [0.25, 0.3) is 0 Å². The molecule has 0 aromatic carbocycles. The standard InChI is InChI=1S/C18H35NO/c1-3-5-7-8-12-15-18(20)19(16-6-4-2)17-13-10-9-11-14-17/h17H,3-16H2,1-2H3. The summed E-state index contributed by atoms with van der Waals surface area (Å²) in [7, 11) is 0. The Labute approximate surface area is 126 Å². The fourth-order valence-electron chi connectivity index (χ4n) is 3.26. The molecule has 2 heteroatoms. The van der Waals surface area contributed by atoms with Crippen LogP contribution in [0.5, 0.6) is 0 Å². The minimum Gasteiger partial charge on any atom is -0.340 e. The van der Waals surface area contributed by atoms with Gasteiger partial charge in [-0.25, -0.2) is 0 Å². The van der Waals surface area contributed by atoms with Gasteiger partial charge in [-0.1, -0.05) is 65.2 Å². The summed E-state index contributed by atoms with van der Waals surface area (Å²) in [5.41, 5.74) is 0. The van der Waals surface area contributed by atoms with Crippen molar-refractivity contribution in [2.24, 2.45) is 0 Å². The Balaban J connectivity index is 2.34. The highest BCUT2D eigenvalue weighted by molar-refractivity contribution is 5.76. The number of carbonyl (C=O) groups is 1. The summed E-state index contributed by atoms with van der Waals surface area (Å²) in [6.45, 7) is 5.45. The molecule has 0 bridgehead atoms. The van der Waals surface area contributed by atoms with Crippen molar-refractivity contribution in [3.8, 4) is 0 Å². The van der Waals surface area contributed by atoms with E-state index >= 15 is 0 Å². The maximum absolute atomic E-state index is 12.5. The average molecular weight is 281 g/mol. The van der Waals surface area contributed by atoms with Crippen LogP contribution in [0.1, 0.15) is 97.3 Å². The number of hydrogen-bond donors (Lipinski definition) is 0. The number of carbonyl (C=O) groups excluding carboxylic acids is 1. The van der Waals surface area contributed by atoms with E-state index in [1.807, 2.05) is 0 Å². The van der Waals surface area contributed by atoms with E-state index in [2.05, 4.69) is 18.7 Å². The van der Waals surface area contributed by atoms with Crippen LogP contribution in [0.15, 0.2) is 0 Å². The first-order chi connectivity index (χ1) is 9.79. The summed E-state index contributed by atoms with van der Waals surface area (Å²) < 4.78 is 0. The summed E-state index contributed by atoms with van der Waals surface area (Å²) in [4.78, 5) is 14.7. The molecule has 1 aliphatic rings.